The monoisotopic (exact) mass is 990 g/mol. The second-order valence-electron chi connectivity index (χ2n) is 21.0. The molecule has 0 amide bonds. The second kappa shape index (κ2) is 18.2. The summed E-state index contributed by atoms with van der Waals surface area (Å²) in [5.41, 5.74) is -0.245. The summed E-state index contributed by atoms with van der Waals surface area (Å²) in [6.45, 7) is 9.56. The number of methoxy groups -OCH3 is 3. The van der Waals surface area contributed by atoms with Gasteiger partial charge in [0.15, 0.2) is 11.2 Å². The van der Waals surface area contributed by atoms with E-state index in [-0.39, 0.29) is 17.8 Å². The standard InChI is InChI=1S/C55H67FN6O8S/c1-8-51(59-50(71)57-23-19-34-15-17-36(56)18-16-34)29-35-30-54(48(64)68-6,44-38(20-25-61(31-35)32-51)37-13-10-11-14-41(37)58-44)40-27-39-42(28-43(40)67-5)60(4)46-53(39)22-26-62-24-12-21-52(9-2,45(53)62)47(70-33(3)63)55(46,66)49(65)69-7/h10-18,21,27-28,35,45-47,58,66H,8-9,19-20,22-26,29-32H2,1-7H3,(H2,57,59,71)/t35-,45+,46-,47-,51+,52-,53-,54+,55+/m1/s1. The predicted molar refractivity (Wildman–Crippen MR) is 272 cm³/mol. The van der Waals surface area contributed by atoms with Crippen LogP contribution in [0.4, 0.5) is 10.1 Å². The maximum Gasteiger partial charge on any atom is 0.344 e. The van der Waals surface area contributed by atoms with Crippen molar-refractivity contribution >= 4 is 51.8 Å². The highest BCUT2D eigenvalue weighted by molar-refractivity contribution is 7.80. The molecular weight excluding hydrogens is 924 g/mol. The summed E-state index contributed by atoms with van der Waals surface area (Å²) in [6.07, 6.45) is 6.96. The van der Waals surface area contributed by atoms with Crippen LogP contribution in [0, 0.1) is 17.2 Å². The van der Waals surface area contributed by atoms with E-state index in [2.05, 4.69) is 62.7 Å². The minimum absolute atomic E-state index is 0.0667. The van der Waals surface area contributed by atoms with E-state index in [9.17, 15) is 19.1 Å². The van der Waals surface area contributed by atoms with Gasteiger partial charge in [-0.15, -0.1) is 0 Å². The van der Waals surface area contributed by atoms with Crippen LogP contribution in [0.15, 0.2) is 72.8 Å². The average molecular weight is 991 g/mol. The molecular formula is C55H67FN6O8S. The average Bonchev–Trinajstić information content (AvgIpc) is 4.03. The van der Waals surface area contributed by atoms with Crippen molar-refractivity contribution < 1.29 is 42.8 Å². The first-order valence-electron chi connectivity index (χ1n) is 25.2. The number of hydrogen-bond acceptors (Lipinski definition) is 12. The molecule has 6 aliphatic rings. The van der Waals surface area contributed by atoms with Crippen LogP contribution in [0.2, 0.25) is 0 Å². The number of carbonyl (C=O) groups excluding carboxylic acids is 3. The molecule has 10 rings (SSSR count). The van der Waals surface area contributed by atoms with Crippen molar-refractivity contribution in [2.45, 2.75) is 106 Å². The molecule has 0 radical (unpaired) electrons. The number of nitrogens with one attached hydrogen (secondary N) is 3. The molecule has 3 fully saturated rings. The minimum Gasteiger partial charge on any atom is -0.496 e. The molecule has 2 bridgehead atoms. The van der Waals surface area contributed by atoms with Crippen LogP contribution in [-0.2, 0) is 52.3 Å². The zero-order valence-electron chi connectivity index (χ0n) is 41.9. The van der Waals surface area contributed by atoms with E-state index < -0.39 is 57.4 Å². The summed E-state index contributed by atoms with van der Waals surface area (Å²) < 4.78 is 38.0. The lowest BCUT2D eigenvalue weighted by molar-refractivity contribution is -0.228. The molecule has 1 aliphatic carbocycles. The van der Waals surface area contributed by atoms with Crippen molar-refractivity contribution in [2.75, 3.05) is 72.5 Å². The van der Waals surface area contributed by atoms with Gasteiger partial charge in [0.2, 0.25) is 5.60 Å². The van der Waals surface area contributed by atoms with Crippen LogP contribution in [0.25, 0.3) is 10.9 Å². The number of carbonyl (C=O) groups is 3. The third-order valence-electron chi connectivity index (χ3n) is 17.6. The summed E-state index contributed by atoms with van der Waals surface area (Å²) in [5.74, 6) is -1.81. The van der Waals surface area contributed by atoms with E-state index in [4.69, 9.17) is 31.2 Å². The van der Waals surface area contributed by atoms with Crippen molar-refractivity contribution in [3.05, 3.63) is 107 Å². The maximum atomic E-state index is 15.7. The molecule has 1 aromatic heterocycles. The van der Waals surface area contributed by atoms with Gasteiger partial charge >= 0.3 is 17.9 Å². The molecule has 1 spiro atoms. The molecule has 10 atom stereocenters. The van der Waals surface area contributed by atoms with Gasteiger partial charge < -0.3 is 49.5 Å². The van der Waals surface area contributed by atoms with Crippen molar-refractivity contribution in [3.63, 3.8) is 0 Å². The molecule has 378 valence electrons. The van der Waals surface area contributed by atoms with Crippen molar-refractivity contribution in [1.82, 2.24) is 25.4 Å². The number of hydrogen-bond donors (Lipinski definition) is 4. The Labute approximate surface area is 420 Å². The molecule has 71 heavy (non-hydrogen) atoms. The lowest BCUT2D eigenvalue weighted by Gasteiger charge is -2.63. The fourth-order valence-electron chi connectivity index (χ4n) is 15.0. The number of esters is 3. The van der Waals surface area contributed by atoms with E-state index in [1.165, 1.54) is 33.3 Å². The summed E-state index contributed by atoms with van der Waals surface area (Å²) in [6, 6.07) is 17.5. The summed E-state index contributed by atoms with van der Waals surface area (Å²) in [7, 11) is 6.20. The highest BCUT2D eigenvalue weighted by atomic mass is 32.1. The van der Waals surface area contributed by atoms with E-state index in [0.717, 1.165) is 65.0 Å². The molecule has 1 unspecified atom stereocenters. The van der Waals surface area contributed by atoms with Crippen molar-refractivity contribution in [1.29, 1.82) is 0 Å². The molecule has 16 heteroatoms. The number of ether oxygens (including phenoxy) is 4. The number of piperidine rings is 1. The first-order valence-corrected chi connectivity index (χ1v) is 25.6. The Kier molecular flexibility index (Phi) is 12.6. The Morgan fingerprint density at radius 3 is 2.42 bits per heavy atom. The van der Waals surface area contributed by atoms with Crippen LogP contribution in [0.3, 0.4) is 0 Å². The Morgan fingerprint density at radius 2 is 1.72 bits per heavy atom. The fraction of sp³-hybridized carbons (Fsp3) is 0.527. The van der Waals surface area contributed by atoms with Gasteiger partial charge in [-0.1, -0.05) is 56.3 Å². The fourth-order valence-corrected chi connectivity index (χ4v) is 15.3. The zero-order valence-corrected chi connectivity index (χ0v) is 42.7. The molecule has 2 saturated heterocycles. The summed E-state index contributed by atoms with van der Waals surface area (Å²) >= 11 is 6.01. The second-order valence-corrected chi connectivity index (χ2v) is 21.4. The third-order valence-corrected chi connectivity index (χ3v) is 17.9. The number of para-hydroxylation sites is 1. The van der Waals surface area contributed by atoms with E-state index >= 15 is 4.79 Å². The van der Waals surface area contributed by atoms with Crippen molar-refractivity contribution in [3.8, 4) is 5.75 Å². The SMILES string of the molecule is CC[C@]1(NC(=S)NCCc2ccc(F)cc2)C[C@H]2CN(CCc3c([nH]c4ccccc34)[C@@](C(=O)OC)(c3cc4c(cc3OC)N(C)[C@H]3[C@@](O)(C(=O)OC)[C@H](OC(C)=O)[C@]5(CC)C=CCN6CC[C@]43[C@@H]65)C2)C1. The number of thiocarbonyl (C=S) groups is 1. The highest BCUT2D eigenvalue weighted by Crippen LogP contribution is 2.68. The Balaban J connectivity index is 1.15. The van der Waals surface area contributed by atoms with Crippen LogP contribution >= 0.6 is 12.2 Å². The lowest BCUT2D eigenvalue weighted by atomic mass is 9.47. The molecule has 4 aromatic rings. The number of aromatic amines is 1. The van der Waals surface area contributed by atoms with Gasteiger partial charge in [-0.25, -0.2) is 9.18 Å². The van der Waals surface area contributed by atoms with Gasteiger partial charge in [-0.3, -0.25) is 14.5 Å². The van der Waals surface area contributed by atoms with Crippen LogP contribution in [-0.4, -0.2) is 140 Å². The van der Waals surface area contributed by atoms with E-state index in [1.807, 2.05) is 37.1 Å². The number of aromatic nitrogens is 1. The van der Waals surface area contributed by atoms with Crippen LogP contribution in [0.1, 0.15) is 80.8 Å². The number of aliphatic hydroxyl groups is 1. The minimum atomic E-state index is -2.33. The number of benzene rings is 3. The largest absolute Gasteiger partial charge is 0.496 e. The Hall–Kier alpha value is -5.55. The number of halogens is 1. The van der Waals surface area contributed by atoms with Gasteiger partial charge in [-0.2, -0.15) is 0 Å². The molecule has 14 nitrogen and oxygen atoms in total. The normalized spacial score (nSPS) is 32.5. The van der Waals surface area contributed by atoms with Gasteiger partial charge in [0.25, 0.3) is 0 Å². The number of nitrogens with zero attached hydrogens (tertiary/aromatic N) is 3. The molecule has 6 heterocycles. The Morgan fingerprint density at radius 1 is 0.958 bits per heavy atom. The summed E-state index contributed by atoms with van der Waals surface area (Å²) in [5, 5.41) is 22.3. The zero-order chi connectivity index (χ0) is 50.3. The van der Waals surface area contributed by atoms with E-state index in [0.29, 0.717) is 74.6 Å². The number of anilines is 1. The van der Waals surface area contributed by atoms with E-state index in [1.54, 1.807) is 19.2 Å². The third kappa shape index (κ3) is 7.31. The molecule has 4 N–H and O–H groups in total. The molecule has 5 aliphatic heterocycles. The van der Waals surface area contributed by atoms with Gasteiger partial charge in [-0.05, 0) is 111 Å². The summed E-state index contributed by atoms with van der Waals surface area (Å²) in [4.78, 5) is 54.2. The van der Waals surface area contributed by atoms with Gasteiger partial charge in [0.05, 0.1) is 32.9 Å². The lowest BCUT2D eigenvalue weighted by Crippen LogP contribution is -2.81. The number of likely N-dealkylation sites (N-methyl/N-ethyl adjacent to an activating group) is 1. The highest BCUT2D eigenvalue weighted by Gasteiger charge is 2.80. The Bertz CT molecular complexity index is 2810. The smallest absolute Gasteiger partial charge is 0.344 e. The quantitative estimate of drug-likeness (QED) is 0.0615. The first-order chi connectivity index (χ1) is 34.1. The number of fused-ring (bicyclic) bond motifs is 6. The maximum absolute atomic E-state index is 15.7. The van der Waals surface area contributed by atoms with Crippen LogP contribution < -0.4 is 20.3 Å². The van der Waals surface area contributed by atoms with Crippen molar-refractivity contribution in [2.24, 2.45) is 11.3 Å². The molecule has 3 aromatic carbocycles. The predicted octanol–water partition coefficient (Wildman–Crippen LogP) is 5.84. The molecule has 1 saturated carbocycles. The number of rotatable bonds is 11. The van der Waals surface area contributed by atoms with Crippen LogP contribution in [0.5, 0.6) is 5.75 Å². The van der Waals surface area contributed by atoms with Gasteiger partial charge in [0.1, 0.15) is 17.0 Å². The first kappa shape index (κ1) is 49.0. The van der Waals surface area contributed by atoms with Gasteiger partial charge in [0, 0.05) is 97.5 Å². The number of H-pyrrole nitrogens is 1. The topological polar surface area (TPSA) is 158 Å².